The van der Waals surface area contributed by atoms with Crippen molar-refractivity contribution in [2.75, 3.05) is 7.11 Å². The third kappa shape index (κ3) is 3.70. The Kier molecular flexibility index (Phi) is 4.94. The van der Waals surface area contributed by atoms with Crippen LogP contribution in [0.2, 0.25) is 0 Å². The average Bonchev–Trinajstić information content (AvgIpc) is 3.27. The number of aryl methyl sites for hydroxylation is 1. The predicted octanol–water partition coefficient (Wildman–Crippen LogP) is 2.82. The number of hydrogen-bond donors (Lipinski definition) is 0. The van der Waals surface area contributed by atoms with Crippen LogP contribution in [0.3, 0.4) is 0 Å². The summed E-state index contributed by atoms with van der Waals surface area (Å²) in [6.07, 6.45) is 3.54. The highest BCUT2D eigenvalue weighted by molar-refractivity contribution is 7.13. The van der Waals surface area contributed by atoms with E-state index in [1.807, 2.05) is 13.2 Å². The molecule has 0 unspecified atom stereocenters. The largest absolute Gasteiger partial charge is 0.490 e. The summed E-state index contributed by atoms with van der Waals surface area (Å²) in [5.74, 6) is -0.598. The number of nitro groups is 1. The van der Waals surface area contributed by atoms with Crippen molar-refractivity contribution in [1.82, 2.24) is 14.8 Å². The third-order valence-corrected chi connectivity index (χ3v) is 4.41. The van der Waals surface area contributed by atoms with Gasteiger partial charge >= 0.3 is 11.7 Å². The van der Waals surface area contributed by atoms with Gasteiger partial charge in [0.1, 0.15) is 11.6 Å². The van der Waals surface area contributed by atoms with Crippen molar-refractivity contribution in [3.8, 4) is 16.3 Å². The van der Waals surface area contributed by atoms with Crippen molar-refractivity contribution in [3.05, 3.63) is 57.3 Å². The number of nitro benzene ring substituents is 1. The zero-order valence-electron chi connectivity index (χ0n) is 13.9. The topological polar surface area (TPSA) is 109 Å². The first kappa shape index (κ1) is 17.5. The van der Waals surface area contributed by atoms with Gasteiger partial charge in [-0.3, -0.25) is 14.8 Å². The lowest BCUT2D eigenvalue weighted by Gasteiger charge is -2.05. The molecule has 0 fully saturated rings. The summed E-state index contributed by atoms with van der Waals surface area (Å²) in [6, 6.07) is 3.90. The number of ether oxygens (including phenoxy) is 2. The minimum Gasteiger partial charge on any atom is -0.490 e. The monoisotopic (exact) mass is 374 g/mol. The Bertz CT molecular complexity index is 965. The average molecular weight is 374 g/mol. The van der Waals surface area contributed by atoms with Crippen LogP contribution in [0.25, 0.3) is 10.6 Å². The van der Waals surface area contributed by atoms with Gasteiger partial charge < -0.3 is 9.47 Å². The molecule has 0 radical (unpaired) electrons. The lowest BCUT2D eigenvalue weighted by molar-refractivity contribution is -0.385. The van der Waals surface area contributed by atoms with Crippen LogP contribution in [0.5, 0.6) is 5.75 Å². The number of nitrogens with zero attached hydrogens (tertiary/aromatic N) is 4. The SMILES string of the molecule is COc1ccc(C(=O)OCc2csc(-c3cnn(C)c3)n2)cc1[N+](=O)[O-]. The molecule has 0 aliphatic carbocycles. The van der Waals surface area contributed by atoms with Crippen molar-refractivity contribution in [1.29, 1.82) is 0 Å². The van der Waals surface area contributed by atoms with Gasteiger partial charge in [0.15, 0.2) is 5.75 Å². The number of carbonyl (C=O) groups excluding carboxylic acids is 1. The van der Waals surface area contributed by atoms with E-state index in [0.717, 1.165) is 16.6 Å². The molecule has 2 heterocycles. The molecule has 0 atom stereocenters. The number of aromatic nitrogens is 3. The summed E-state index contributed by atoms with van der Waals surface area (Å²) < 4.78 is 11.8. The zero-order valence-corrected chi connectivity index (χ0v) is 14.7. The number of rotatable bonds is 6. The van der Waals surface area contributed by atoms with Crippen molar-refractivity contribution >= 4 is 23.0 Å². The van der Waals surface area contributed by atoms with Gasteiger partial charge in [-0.25, -0.2) is 9.78 Å². The number of carbonyl (C=O) groups is 1. The molecule has 0 aliphatic rings. The normalized spacial score (nSPS) is 10.5. The summed E-state index contributed by atoms with van der Waals surface area (Å²) in [5.41, 5.74) is 1.24. The first-order valence-electron chi connectivity index (χ1n) is 7.41. The van der Waals surface area contributed by atoms with Gasteiger partial charge in [-0.05, 0) is 12.1 Å². The van der Waals surface area contributed by atoms with Gasteiger partial charge in [-0.15, -0.1) is 11.3 Å². The fraction of sp³-hybridized carbons (Fsp3) is 0.188. The van der Waals surface area contributed by atoms with Crippen molar-refractivity contribution in [2.45, 2.75) is 6.61 Å². The standard InChI is InChI=1S/C16H14N4O5S/c1-19-7-11(6-17-19)15-18-12(9-26-15)8-25-16(21)10-3-4-14(24-2)13(5-10)20(22)23/h3-7,9H,8H2,1-2H3. The Morgan fingerprint density at radius 3 is 2.88 bits per heavy atom. The summed E-state index contributed by atoms with van der Waals surface area (Å²) in [7, 11) is 3.14. The lowest BCUT2D eigenvalue weighted by Crippen LogP contribution is -2.06. The molecular formula is C16H14N4O5S. The van der Waals surface area contributed by atoms with Crippen molar-refractivity contribution in [2.24, 2.45) is 7.05 Å². The van der Waals surface area contributed by atoms with Crippen molar-refractivity contribution in [3.63, 3.8) is 0 Å². The van der Waals surface area contributed by atoms with Gasteiger partial charge in [0.05, 0.1) is 29.5 Å². The second-order valence-electron chi connectivity index (χ2n) is 5.27. The molecule has 0 aliphatic heterocycles. The van der Waals surface area contributed by atoms with Crippen molar-refractivity contribution < 1.29 is 19.2 Å². The number of hydrogen-bond acceptors (Lipinski definition) is 8. The first-order chi connectivity index (χ1) is 12.5. The second-order valence-corrected chi connectivity index (χ2v) is 6.12. The molecular weight excluding hydrogens is 360 g/mol. The van der Waals surface area contributed by atoms with Crippen LogP contribution in [0, 0.1) is 10.1 Å². The van der Waals surface area contributed by atoms with Crippen LogP contribution < -0.4 is 4.74 Å². The van der Waals surface area contributed by atoms with E-state index in [2.05, 4.69) is 10.1 Å². The molecule has 0 spiro atoms. The summed E-state index contributed by atoms with van der Waals surface area (Å²) >= 11 is 1.41. The quantitative estimate of drug-likeness (QED) is 0.371. The van der Waals surface area contributed by atoms with E-state index in [1.54, 1.807) is 16.3 Å². The van der Waals surface area contributed by atoms with E-state index >= 15 is 0 Å². The predicted molar refractivity (Wildman–Crippen MR) is 93.1 cm³/mol. The maximum absolute atomic E-state index is 12.1. The van der Waals surface area contributed by atoms with Crippen LogP contribution in [0.1, 0.15) is 16.1 Å². The number of thiazole rings is 1. The minimum absolute atomic E-state index is 0.0323. The van der Waals surface area contributed by atoms with Gasteiger partial charge in [-0.2, -0.15) is 5.10 Å². The Morgan fingerprint density at radius 2 is 2.23 bits per heavy atom. The molecule has 0 saturated heterocycles. The molecule has 0 saturated carbocycles. The minimum atomic E-state index is -0.674. The molecule has 1 aromatic carbocycles. The molecule has 0 amide bonds. The number of benzene rings is 1. The number of esters is 1. The van der Waals surface area contributed by atoms with Crippen LogP contribution in [-0.2, 0) is 18.4 Å². The van der Waals surface area contributed by atoms with Gasteiger partial charge in [0.25, 0.3) is 0 Å². The van der Waals surface area contributed by atoms with E-state index in [-0.39, 0.29) is 23.6 Å². The van der Waals surface area contributed by atoms with Crippen LogP contribution in [0.15, 0.2) is 36.0 Å². The third-order valence-electron chi connectivity index (χ3n) is 3.47. The number of methoxy groups -OCH3 is 1. The van der Waals surface area contributed by atoms with Gasteiger partial charge in [0, 0.05) is 30.3 Å². The van der Waals surface area contributed by atoms with E-state index in [9.17, 15) is 14.9 Å². The van der Waals surface area contributed by atoms with E-state index in [4.69, 9.17) is 9.47 Å². The molecule has 9 nitrogen and oxygen atoms in total. The molecule has 10 heteroatoms. The Hall–Kier alpha value is -3.27. The zero-order chi connectivity index (χ0) is 18.7. The second kappa shape index (κ2) is 7.31. The lowest BCUT2D eigenvalue weighted by atomic mass is 10.2. The molecule has 3 aromatic rings. The summed E-state index contributed by atoms with van der Waals surface area (Å²) in [6.45, 7) is -0.0323. The highest BCUT2D eigenvalue weighted by atomic mass is 32.1. The Morgan fingerprint density at radius 1 is 1.42 bits per heavy atom. The molecule has 3 rings (SSSR count). The smallest absolute Gasteiger partial charge is 0.338 e. The first-order valence-corrected chi connectivity index (χ1v) is 8.29. The van der Waals surface area contributed by atoms with Crippen LogP contribution in [0.4, 0.5) is 5.69 Å². The molecule has 0 N–H and O–H groups in total. The van der Waals surface area contributed by atoms with E-state index in [0.29, 0.717) is 5.69 Å². The molecule has 26 heavy (non-hydrogen) atoms. The summed E-state index contributed by atoms with van der Waals surface area (Å²) in [4.78, 5) is 27.0. The van der Waals surface area contributed by atoms with Crippen LogP contribution >= 0.6 is 11.3 Å². The van der Waals surface area contributed by atoms with Crippen LogP contribution in [-0.4, -0.2) is 32.8 Å². The maximum atomic E-state index is 12.1. The Balaban J connectivity index is 1.68. The van der Waals surface area contributed by atoms with Gasteiger partial charge in [0.2, 0.25) is 0 Å². The summed E-state index contributed by atoms with van der Waals surface area (Å²) in [5, 5.41) is 17.7. The highest BCUT2D eigenvalue weighted by Gasteiger charge is 2.19. The van der Waals surface area contributed by atoms with E-state index < -0.39 is 10.9 Å². The fourth-order valence-electron chi connectivity index (χ4n) is 2.22. The molecule has 0 bridgehead atoms. The maximum Gasteiger partial charge on any atom is 0.338 e. The fourth-order valence-corrected chi connectivity index (χ4v) is 3.00. The molecule has 2 aromatic heterocycles. The Labute approximate surface area is 152 Å². The highest BCUT2D eigenvalue weighted by Crippen LogP contribution is 2.28. The molecule has 134 valence electrons. The van der Waals surface area contributed by atoms with Gasteiger partial charge in [-0.1, -0.05) is 0 Å². The van der Waals surface area contributed by atoms with E-state index in [1.165, 1.54) is 30.6 Å².